The minimum atomic E-state index is -0.386. The van der Waals surface area contributed by atoms with Crippen LogP contribution in [0.4, 0.5) is 4.39 Å². The Morgan fingerprint density at radius 1 is 1.20 bits per heavy atom. The average molecular weight is 270 g/mol. The van der Waals surface area contributed by atoms with E-state index in [1.807, 2.05) is 0 Å². The highest BCUT2D eigenvalue weighted by molar-refractivity contribution is 5.90. The quantitative estimate of drug-likeness (QED) is 0.728. The zero-order valence-corrected chi connectivity index (χ0v) is 10.7. The molecule has 0 amide bonds. The molecule has 1 heterocycles. The van der Waals surface area contributed by atoms with Crippen molar-refractivity contribution < 1.29 is 13.9 Å². The number of imidazole rings is 1. The van der Waals surface area contributed by atoms with E-state index in [2.05, 4.69) is 14.7 Å². The van der Waals surface area contributed by atoms with Crippen molar-refractivity contribution in [2.75, 3.05) is 7.11 Å². The van der Waals surface area contributed by atoms with E-state index in [1.165, 1.54) is 19.2 Å². The lowest BCUT2D eigenvalue weighted by atomic mass is 10.1. The number of carbonyl (C=O) groups excluding carboxylic acids is 1. The Balaban J connectivity index is 2.00. The molecular formula is C15H11FN2O2. The van der Waals surface area contributed by atoms with Crippen LogP contribution in [0.3, 0.4) is 0 Å². The number of rotatable bonds is 2. The van der Waals surface area contributed by atoms with E-state index in [0.29, 0.717) is 22.4 Å². The first-order chi connectivity index (χ1) is 9.67. The molecule has 20 heavy (non-hydrogen) atoms. The predicted octanol–water partition coefficient (Wildman–Crippen LogP) is 3.16. The smallest absolute Gasteiger partial charge is 0.337 e. The Morgan fingerprint density at radius 3 is 2.65 bits per heavy atom. The first-order valence-electron chi connectivity index (χ1n) is 6.01. The number of methoxy groups -OCH3 is 1. The molecule has 1 N–H and O–H groups in total. The Kier molecular flexibility index (Phi) is 2.95. The number of aromatic nitrogens is 2. The summed E-state index contributed by atoms with van der Waals surface area (Å²) in [5.74, 6) is -0.0704. The maximum absolute atomic E-state index is 13.1. The van der Waals surface area contributed by atoms with Crippen molar-refractivity contribution in [3.05, 3.63) is 53.8 Å². The molecule has 100 valence electrons. The van der Waals surface area contributed by atoms with Crippen LogP contribution >= 0.6 is 0 Å². The van der Waals surface area contributed by atoms with Gasteiger partial charge in [0.05, 0.1) is 23.7 Å². The fourth-order valence-electron chi connectivity index (χ4n) is 2.00. The third-order valence-electron chi connectivity index (χ3n) is 3.02. The molecular weight excluding hydrogens is 259 g/mol. The van der Waals surface area contributed by atoms with Crippen molar-refractivity contribution in [1.29, 1.82) is 0 Å². The van der Waals surface area contributed by atoms with E-state index in [0.717, 1.165) is 5.56 Å². The number of hydrogen-bond acceptors (Lipinski definition) is 3. The molecule has 0 unspecified atom stereocenters. The molecule has 3 rings (SSSR count). The topological polar surface area (TPSA) is 55.0 Å². The van der Waals surface area contributed by atoms with Crippen molar-refractivity contribution in [1.82, 2.24) is 9.97 Å². The van der Waals surface area contributed by atoms with E-state index in [-0.39, 0.29) is 11.8 Å². The summed E-state index contributed by atoms with van der Waals surface area (Å²) in [6, 6.07) is 11.2. The Bertz CT molecular complexity index is 778. The van der Waals surface area contributed by atoms with Gasteiger partial charge in [-0.1, -0.05) is 12.1 Å². The number of nitrogens with zero attached hydrogens (tertiary/aromatic N) is 1. The van der Waals surface area contributed by atoms with Crippen LogP contribution < -0.4 is 0 Å². The van der Waals surface area contributed by atoms with Gasteiger partial charge in [0, 0.05) is 5.56 Å². The SMILES string of the molecule is COC(=O)c1ccc(-c2nc3ccc(F)cc3[nH]2)cc1. The third-order valence-corrected chi connectivity index (χ3v) is 3.02. The largest absolute Gasteiger partial charge is 0.465 e. The zero-order valence-electron chi connectivity index (χ0n) is 10.7. The predicted molar refractivity (Wildman–Crippen MR) is 72.8 cm³/mol. The number of halogens is 1. The lowest BCUT2D eigenvalue weighted by Crippen LogP contribution is -2.00. The average Bonchev–Trinajstić information content (AvgIpc) is 2.89. The highest BCUT2D eigenvalue weighted by Crippen LogP contribution is 2.21. The Labute approximate surface area is 114 Å². The van der Waals surface area contributed by atoms with E-state index in [1.54, 1.807) is 30.3 Å². The molecule has 0 fully saturated rings. The van der Waals surface area contributed by atoms with Gasteiger partial charge in [0.15, 0.2) is 0 Å². The van der Waals surface area contributed by atoms with Gasteiger partial charge >= 0.3 is 5.97 Å². The second-order valence-electron chi connectivity index (χ2n) is 4.32. The fraction of sp³-hybridized carbons (Fsp3) is 0.0667. The molecule has 1 aromatic heterocycles. The normalized spacial score (nSPS) is 10.7. The summed E-state index contributed by atoms with van der Waals surface area (Å²) < 4.78 is 17.8. The Hall–Kier alpha value is -2.69. The molecule has 2 aromatic carbocycles. The van der Waals surface area contributed by atoms with E-state index in [4.69, 9.17) is 0 Å². The van der Waals surface area contributed by atoms with Gasteiger partial charge in [-0.15, -0.1) is 0 Å². The summed E-state index contributed by atoms with van der Waals surface area (Å²) >= 11 is 0. The Morgan fingerprint density at radius 2 is 1.95 bits per heavy atom. The van der Waals surface area contributed by atoms with Gasteiger partial charge in [-0.2, -0.15) is 0 Å². The minimum absolute atomic E-state index is 0.311. The van der Waals surface area contributed by atoms with Gasteiger partial charge in [-0.25, -0.2) is 14.2 Å². The number of esters is 1. The second-order valence-corrected chi connectivity index (χ2v) is 4.32. The van der Waals surface area contributed by atoms with Gasteiger partial charge < -0.3 is 9.72 Å². The second kappa shape index (κ2) is 4.77. The molecule has 4 nitrogen and oxygen atoms in total. The monoisotopic (exact) mass is 270 g/mol. The van der Waals surface area contributed by atoms with Crippen LogP contribution in [0, 0.1) is 5.82 Å². The summed E-state index contributed by atoms with van der Waals surface area (Å²) in [6.45, 7) is 0. The van der Waals surface area contributed by atoms with Crippen molar-refractivity contribution in [3.8, 4) is 11.4 Å². The van der Waals surface area contributed by atoms with Crippen LogP contribution in [0.25, 0.3) is 22.4 Å². The minimum Gasteiger partial charge on any atom is -0.465 e. The molecule has 0 saturated carbocycles. The number of nitrogens with one attached hydrogen (secondary N) is 1. The van der Waals surface area contributed by atoms with Crippen LogP contribution in [0.15, 0.2) is 42.5 Å². The van der Waals surface area contributed by atoms with Gasteiger partial charge in [-0.05, 0) is 30.3 Å². The lowest BCUT2D eigenvalue weighted by Gasteiger charge is -2.00. The third kappa shape index (κ3) is 2.14. The van der Waals surface area contributed by atoms with Crippen LogP contribution in [-0.4, -0.2) is 23.0 Å². The van der Waals surface area contributed by atoms with Gasteiger partial charge in [-0.3, -0.25) is 0 Å². The molecule has 0 aliphatic heterocycles. The number of ether oxygens (including phenoxy) is 1. The van der Waals surface area contributed by atoms with Crippen LogP contribution in [0.5, 0.6) is 0 Å². The lowest BCUT2D eigenvalue weighted by molar-refractivity contribution is 0.0601. The van der Waals surface area contributed by atoms with Gasteiger partial charge in [0.1, 0.15) is 11.6 Å². The maximum atomic E-state index is 13.1. The maximum Gasteiger partial charge on any atom is 0.337 e. The van der Waals surface area contributed by atoms with E-state index < -0.39 is 0 Å². The molecule has 3 aromatic rings. The highest BCUT2D eigenvalue weighted by Gasteiger charge is 2.08. The first-order valence-corrected chi connectivity index (χ1v) is 6.01. The van der Waals surface area contributed by atoms with Gasteiger partial charge in [0.2, 0.25) is 0 Å². The van der Waals surface area contributed by atoms with Gasteiger partial charge in [0.25, 0.3) is 0 Å². The van der Waals surface area contributed by atoms with E-state index >= 15 is 0 Å². The number of hydrogen-bond donors (Lipinski definition) is 1. The summed E-state index contributed by atoms with van der Waals surface area (Å²) in [5.41, 5.74) is 2.61. The number of carbonyl (C=O) groups is 1. The summed E-state index contributed by atoms with van der Waals surface area (Å²) in [4.78, 5) is 18.8. The zero-order chi connectivity index (χ0) is 14.1. The number of H-pyrrole nitrogens is 1. The number of benzene rings is 2. The molecule has 5 heteroatoms. The van der Waals surface area contributed by atoms with Crippen molar-refractivity contribution in [3.63, 3.8) is 0 Å². The summed E-state index contributed by atoms with van der Waals surface area (Å²) in [7, 11) is 1.34. The molecule has 0 aliphatic rings. The highest BCUT2D eigenvalue weighted by atomic mass is 19.1. The summed E-state index contributed by atoms with van der Waals surface area (Å²) in [6.07, 6.45) is 0. The summed E-state index contributed by atoms with van der Waals surface area (Å²) in [5, 5.41) is 0. The standard InChI is InChI=1S/C15H11FN2O2/c1-20-15(19)10-4-2-9(3-5-10)14-17-12-7-6-11(16)8-13(12)18-14/h2-8H,1H3,(H,17,18). The molecule has 0 spiro atoms. The van der Waals surface area contributed by atoms with Crippen LogP contribution in [0.2, 0.25) is 0 Å². The molecule has 0 bridgehead atoms. The van der Waals surface area contributed by atoms with Crippen molar-refractivity contribution in [2.24, 2.45) is 0 Å². The van der Waals surface area contributed by atoms with Crippen molar-refractivity contribution >= 4 is 17.0 Å². The molecule has 0 atom stereocenters. The van der Waals surface area contributed by atoms with E-state index in [9.17, 15) is 9.18 Å². The van der Waals surface area contributed by atoms with Crippen molar-refractivity contribution in [2.45, 2.75) is 0 Å². The number of fused-ring (bicyclic) bond motifs is 1. The first kappa shape index (κ1) is 12.3. The fourth-order valence-corrected chi connectivity index (χ4v) is 2.00. The van der Waals surface area contributed by atoms with Crippen LogP contribution in [-0.2, 0) is 4.74 Å². The van der Waals surface area contributed by atoms with Crippen LogP contribution in [0.1, 0.15) is 10.4 Å². The molecule has 0 aliphatic carbocycles. The number of aromatic amines is 1. The molecule has 0 radical (unpaired) electrons. The molecule has 0 saturated heterocycles.